The first-order valence-corrected chi connectivity index (χ1v) is 5.98. The monoisotopic (exact) mass is 278 g/mol. The number of carbonyl (C=O) groups excluding carboxylic acids is 2. The molecular weight excluding hydrogens is 264 g/mol. The van der Waals surface area contributed by atoms with Gasteiger partial charge in [0.2, 0.25) is 0 Å². The molecule has 20 heavy (non-hydrogen) atoms. The number of carboxylic acids is 1. The Balaban J connectivity index is 2.36. The molecule has 1 fully saturated rings. The van der Waals surface area contributed by atoms with E-state index in [4.69, 9.17) is 4.84 Å². The van der Waals surface area contributed by atoms with Gasteiger partial charge in [0.05, 0.1) is 11.1 Å². The van der Waals surface area contributed by atoms with Gasteiger partial charge in [-0.2, -0.15) is 0 Å². The molecule has 1 aliphatic heterocycles. The number of carbonyl (C=O) groups is 3. The van der Waals surface area contributed by atoms with Crippen molar-refractivity contribution in [2.45, 2.75) is 19.9 Å². The van der Waals surface area contributed by atoms with E-state index in [9.17, 15) is 19.5 Å². The standard InChI is InChI=1S/C13H14N2O5/c1-6-3-4-7(2)10(13(18)19)9(6)12(17)14-8-5-20-15-11(8)16/h3-4,8H,5H2,1-2H3,(H,14,17)(H,15,16)(H,18,19)/t8-/m1/s1. The van der Waals surface area contributed by atoms with E-state index in [-0.39, 0.29) is 17.7 Å². The van der Waals surface area contributed by atoms with Crippen LogP contribution in [-0.4, -0.2) is 35.5 Å². The van der Waals surface area contributed by atoms with Gasteiger partial charge in [0, 0.05) is 0 Å². The molecule has 0 unspecified atom stereocenters. The van der Waals surface area contributed by atoms with Crippen molar-refractivity contribution in [2.75, 3.05) is 6.61 Å². The molecule has 0 aliphatic carbocycles. The van der Waals surface area contributed by atoms with Crippen molar-refractivity contribution < 1.29 is 24.3 Å². The van der Waals surface area contributed by atoms with Crippen LogP contribution in [0.1, 0.15) is 31.8 Å². The van der Waals surface area contributed by atoms with Crippen LogP contribution in [0.3, 0.4) is 0 Å². The molecule has 7 heteroatoms. The molecule has 1 aliphatic rings. The largest absolute Gasteiger partial charge is 0.478 e. The predicted octanol–water partition coefficient (Wildman–Crippen LogP) is 0.161. The van der Waals surface area contributed by atoms with Crippen molar-refractivity contribution in [1.29, 1.82) is 0 Å². The molecule has 106 valence electrons. The lowest BCUT2D eigenvalue weighted by Gasteiger charge is -2.14. The number of amides is 2. The van der Waals surface area contributed by atoms with Crippen molar-refractivity contribution in [3.8, 4) is 0 Å². The summed E-state index contributed by atoms with van der Waals surface area (Å²) in [6, 6.07) is 2.49. The van der Waals surface area contributed by atoms with Crippen LogP contribution in [0.5, 0.6) is 0 Å². The highest BCUT2D eigenvalue weighted by Gasteiger charge is 2.29. The number of hydrogen-bond donors (Lipinski definition) is 3. The minimum absolute atomic E-state index is 0.0117. The number of hydrogen-bond acceptors (Lipinski definition) is 4. The summed E-state index contributed by atoms with van der Waals surface area (Å²) in [6.45, 7) is 3.27. The Hall–Kier alpha value is -2.41. The highest BCUT2D eigenvalue weighted by Crippen LogP contribution is 2.19. The number of hydroxylamine groups is 1. The van der Waals surface area contributed by atoms with Crippen molar-refractivity contribution in [1.82, 2.24) is 10.8 Å². The van der Waals surface area contributed by atoms with Gasteiger partial charge in [0.25, 0.3) is 11.8 Å². The third-order valence-electron chi connectivity index (χ3n) is 3.11. The maximum absolute atomic E-state index is 12.2. The second-order valence-electron chi connectivity index (χ2n) is 4.56. The summed E-state index contributed by atoms with van der Waals surface area (Å²) in [6.07, 6.45) is 0. The molecule has 1 aromatic rings. The summed E-state index contributed by atoms with van der Waals surface area (Å²) >= 11 is 0. The van der Waals surface area contributed by atoms with Crippen molar-refractivity contribution in [2.24, 2.45) is 0 Å². The lowest BCUT2D eigenvalue weighted by atomic mass is 9.96. The minimum Gasteiger partial charge on any atom is -0.478 e. The van der Waals surface area contributed by atoms with E-state index in [1.165, 1.54) is 0 Å². The van der Waals surface area contributed by atoms with Gasteiger partial charge in [-0.15, -0.1) is 0 Å². The molecular formula is C13H14N2O5. The van der Waals surface area contributed by atoms with E-state index < -0.39 is 23.8 Å². The van der Waals surface area contributed by atoms with Crippen molar-refractivity contribution >= 4 is 17.8 Å². The Morgan fingerprint density at radius 1 is 1.30 bits per heavy atom. The average molecular weight is 278 g/mol. The first kappa shape index (κ1) is 14.0. The molecule has 1 saturated heterocycles. The number of carboxylic acid groups (broad SMARTS) is 1. The number of nitrogens with one attached hydrogen (secondary N) is 2. The highest BCUT2D eigenvalue weighted by atomic mass is 16.7. The number of rotatable bonds is 3. The Bertz CT molecular complexity index is 597. The van der Waals surface area contributed by atoms with E-state index in [1.807, 2.05) is 0 Å². The summed E-state index contributed by atoms with van der Waals surface area (Å²) in [5.74, 6) is -2.24. The maximum atomic E-state index is 12.2. The molecule has 0 saturated carbocycles. The van der Waals surface area contributed by atoms with E-state index in [0.717, 1.165) is 0 Å². The Morgan fingerprint density at radius 2 is 1.90 bits per heavy atom. The average Bonchev–Trinajstić information content (AvgIpc) is 2.77. The predicted molar refractivity (Wildman–Crippen MR) is 68.2 cm³/mol. The van der Waals surface area contributed by atoms with Gasteiger partial charge in [-0.25, -0.2) is 10.3 Å². The van der Waals surface area contributed by atoms with Gasteiger partial charge >= 0.3 is 5.97 Å². The zero-order valence-corrected chi connectivity index (χ0v) is 11.0. The fourth-order valence-electron chi connectivity index (χ4n) is 2.06. The fourth-order valence-corrected chi connectivity index (χ4v) is 2.06. The summed E-state index contributed by atoms with van der Waals surface area (Å²) in [7, 11) is 0. The van der Waals surface area contributed by atoms with Gasteiger partial charge in [0.1, 0.15) is 12.6 Å². The van der Waals surface area contributed by atoms with Crippen LogP contribution in [0.4, 0.5) is 0 Å². The third kappa shape index (κ3) is 2.48. The molecule has 7 nitrogen and oxygen atoms in total. The van der Waals surface area contributed by atoms with Crippen LogP contribution in [0.25, 0.3) is 0 Å². The third-order valence-corrected chi connectivity index (χ3v) is 3.11. The normalized spacial score (nSPS) is 17.7. The second kappa shape index (κ2) is 5.30. The molecule has 1 aromatic carbocycles. The van der Waals surface area contributed by atoms with Crippen LogP contribution >= 0.6 is 0 Å². The Labute approximate surface area is 114 Å². The quantitative estimate of drug-likeness (QED) is 0.730. The molecule has 2 rings (SSSR count). The molecule has 0 spiro atoms. The maximum Gasteiger partial charge on any atom is 0.336 e. The van der Waals surface area contributed by atoms with E-state index in [1.54, 1.807) is 26.0 Å². The van der Waals surface area contributed by atoms with Crippen LogP contribution in [0.15, 0.2) is 12.1 Å². The molecule has 0 radical (unpaired) electrons. The summed E-state index contributed by atoms with van der Waals surface area (Å²) in [5.41, 5.74) is 3.15. The molecule has 1 atom stereocenters. The number of benzene rings is 1. The van der Waals surface area contributed by atoms with Gasteiger partial charge < -0.3 is 10.4 Å². The van der Waals surface area contributed by atoms with Crippen molar-refractivity contribution in [3.63, 3.8) is 0 Å². The van der Waals surface area contributed by atoms with Gasteiger partial charge in [0.15, 0.2) is 0 Å². The van der Waals surface area contributed by atoms with E-state index in [0.29, 0.717) is 11.1 Å². The molecule has 3 N–H and O–H groups in total. The van der Waals surface area contributed by atoms with Gasteiger partial charge in [-0.1, -0.05) is 12.1 Å². The second-order valence-corrected chi connectivity index (χ2v) is 4.56. The fraction of sp³-hybridized carbons (Fsp3) is 0.308. The Kier molecular flexibility index (Phi) is 3.71. The Morgan fingerprint density at radius 3 is 2.40 bits per heavy atom. The molecule has 1 heterocycles. The SMILES string of the molecule is Cc1ccc(C)c(C(=O)N[C@@H]2CONC2=O)c1C(=O)O. The van der Waals surface area contributed by atoms with Crippen LogP contribution in [-0.2, 0) is 9.63 Å². The van der Waals surface area contributed by atoms with Gasteiger partial charge in [-0.05, 0) is 25.0 Å². The summed E-state index contributed by atoms with van der Waals surface area (Å²) in [4.78, 5) is 39.6. The molecule has 0 aromatic heterocycles. The number of aryl methyl sites for hydroxylation is 2. The smallest absolute Gasteiger partial charge is 0.336 e. The van der Waals surface area contributed by atoms with Crippen LogP contribution in [0, 0.1) is 13.8 Å². The lowest BCUT2D eigenvalue weighted by molar-refractivity contribution is -0.125. The summed E-state index contributed by atoms with van der Waals surface area (Å²) < 4.78 is 0. The van der Waals surface area contributed by atoms with E-state index in [2.05, 4.69) is 10.8 Å². The first-order valence-electron chi connectivity index (χ1n) is 5.98. The summed E-state index contributed by atoms with van der Waals surface area (Å²) in [5, 5.41) is 11.7. The van der Waals surface area contributed by atoms with Gasteiger partial charge in [-0.3, -0.25) is 14.4 Å². The zero-order chi connectivity index (χ0) is 14.9. The molecule has 2 amide bonds. The van der Waals surface area contributed by atoms with Crippen LogP contribution < -0.4 is 10.8 Å². The minimum atomic E-state index is -1.18. The first-order chi connectivity index (χ1) is 9.41. The lowest BCUT2D eigenvalue weighted by Crippen LogP contribution is -2.42. The van der Waals surface area contributed by atoms with E-state index >= 15 is 0 Å². The van der Waals surface area contributed by atoms with Crippen LogP contribution in [0.2, 0.25) is 0 Å². The zero-order valence-electron chi connectivity index (χ0n) is 11.0. The number of aromatic carboxylic acids is 1. The topological polar surface area (TPSA) is 105 Å². The highest BCUT2D eigenvalue weighted by molar-refractivity contribution is 6.07. The van der Waals surface area contributed by atoms with Crippen molar-refractivity contribution in [3.05, 3.63) is 34.4 Å². The molecule has 0 bridgehead atoms.